The molecule has 1 aliphatic rings. The van der Waals surface area contributed by atoms with Crippen molar-refractivity contribution in [1.82, 2.24) is 9.88 Å². The smallest absolute Gasteiger partial charge is 0.304 e. The van der Waals surface area contributed by atoms with Gasteiger partial charge in [-0.3, -0.25) is 9.78 Å². The van der Waals surface area contributed by atoms with Crippen LogP contribution in [-0.2, 0) is 4.79 Å². The number of aromatic nitrogens is 1. The van der Waals surface area contributed by atoms with Crippen molar-refractivity contribution in [2.24, 2.45) is 0 Å². The predicted octanol–water partition coefficient (Wildman–Crippen LogP) is 1.74. The Morgan fingerprint density at radius 1 is 1.47 bits per heavy atom. The van der Waals surface area contributed by atoms with E-state index in [0.29, 0.717) is 12.5 Å². The molecule has 0 aliphatic carbocycles. The number of carboxylic acids is 1. The summed E-state index contributed by atoms with van der Waals surface area (Å²) < 4.78 is 0. The molecule has 0 atom stereocenters. The number of carbonyl (C=O) groups is 1. The molecule has 17 heavy (non-hydrogen) atoms. The van der Waals surface area contributed by atoms with E-state index in [0.717, 1.165) is 25.9 Å². The Kier molecular flexibility index (Phi) is 4.09. The van der Waals surface area contributed by atoms with Gasteiger partial charge in [-0.2, -0.15) is 0 Å². The van der Waals surface area contributed by atoms with Crippen LogP contribution in [0.25, 0.3) is 0 Å². The molecule has 0 radical (unpaired) electrons. The molecule has 1 aliphatic heterocycles. The van der Waals surface area contributed by atoms with Gasteiger partial charge < -0.3 is 10.0 Å². The Labute approximate surface area is 101 Å². The van der Waals surface area contributed by atoms with Crippen molar-refractivity contribution >= 4 is 5.97 Å². The summed E-state index contributed by atoms with van der Waals surface area (Å²) in [5.41, 5.74) is 1.31. The van der Waals surface area contributed by atoms with Crippen LogP contribution in [0.4, 0.5) is 0 Å². The van der Waals surface area contributed by atoms with E-state index in [-0.39, 0.29) is 6.42 Å². The highest BCUT2D eigenvalue weighted by Crippen LogP contribution is 2.27. The topological polar surface area (TPSA) is 53.4 Å². The van der Waals surface area contributed by atoms with Gasteiger partial charge in [0.2, 0.25) is 0 Å². The average molecular weight is 234 g/mol. The molecule has 0 unspecified atom stereocenters. The minimum Gasteiger partial charge on any atom is -0.481 e. The molecule has 1 fully saturated rings. The number of piperidine rings is 1. The zero-order chi connectivity index (χ0) is 12.1. The molecule has 92 valence electrons. The van der Waals surface area contributed by atoms with E-state index in [4.69, 9.17) is 5.11 Å². The first-order valence-electron chi connectivity index (χ1n) is 6.10. The van der Waals surface area contributed by atoms with Gasteiger partial charge in [-0.15, -0.1) is 0 Å². The SMILES string of the molecule is O=C(O)CCN1CCC(c2cccnc2)CC1. The lowest BCUT2D eigenvalue weighted by Gasteiger charge is -2.31. The van der Waals surface area contributed by atoms with E-state index in [9.17, 15) is 4.79 Å². The Morgan fingerprint density at radius 2 is 2.24 bits per heavy atom. The molecular weight excluding hydrogens is 216 g/mol. The summed E-state index contributed by atoms with van der Waals surface area (Å²) in [4.78, 5) is 16.9. The van der Waals surface area contributed by atoms with Crippen molar-refractivity contribution < 1.29 is 9.90 Å². The third kappa shape index (κ3) is 3.53. The molecule has 2 rings (SSSR count). The molecule has 0 amide bonds. The number of nitrogens with zero attached hydrogens (tertiary/aromatic N) is 2. The highest BCUT2D eigenvalue weighted by molar-refractivity contribution is 5.66. The summed E-state index contributed by atoms with van der Waals surface area (Å²) in [5, 5.41) is 8.64. The van der Waals surface area contributed by atoms with Crippen molar-refractivity contribution in [3.8, 4) is 0 Å². The van der Waals surface area contributed by atoms with E-state index in [1.54, 1.807) is 6.20 Å². The summed E-state index contributed by atoms with van der Waals surface area (Å²) in [7, 11) is 0. The number of pyridine rings is 1. The number of aliphatic carboxylic acids is 1. The average Bonchev–Trinajstić information content (AvgIpc) is 2.38. The first kappa shape index (κ1) is 12.0. The first-order valence-corrected chi connectivity index (χ1v) is 6.10. The summed E-state index contributed by atoms with van der Waals surface area (Å²) in [5.74, 6) is -0.121. The Balaban J connectivity index is 1.80. The zero-order valence-corrected chi connectivity index (χ0v) is 9.88. The Morgan fingerprint density at radius 3 is 2.82 bits per heavy atom. The van der Waals surface area contributed by atoms with E-state index in [1.807, 2.05) is 12.3 Å². The maximum absolute atomic E-state index is 10.5. The monoisotopic (exact) mass is 234 g/mol. The van der Waals surface area contributed by atoms with Crippen LogP contribution in [-0.4, -0.2) is 40.6 Å². The predicted molar refractivity (Wildman–Crippen MR) is 64.9 cm³/mol. The van der Waals surface area contributed by atoms with Gasteiger partial charge in [-0.05, 0) is 43.5 Å². The van der Waals surface area contributed by atoms with Crippen LogP contribution in [0, 0.1) is 0 Å². The minimum absolute atomic E-state index is 0.248. The first-order chi connectivity index (χ1) is 8.25. The Bertz CT molecular complexity index is 359. The van der Waals surface area contributed by atoms with Gasteiger partial charge in [0.15, 0.2) is 0 Å². The maximum Gasteiger partial charge on any atom is 0.304 e. The highest BCUT2D eigenvalue weighted by atomic mass is 16.4. The molecule has 4 nitrogen and oxygen atoms in total. The van der Waals surface area contributed by atoms with Crippen LogP contribution in [0.1, 0.15) is 30.7 Å². The van der Waals surface area contributed by atoms with Crippen LogP contribution in [0.3, 0.4) is 0 Å². The van der Waals surface area contributed by atoms with Gasteiger partial charge >= 0.3 is 5.97 Å². The fourth-order valence-corrected chi connectivity index (χ4v) is 2.36. The zero-order valence-electron chi connectivity index (χ0n) is 9.88. The molecule has 2 heterocycles. The fourth-order valence-electron chi connectivity index (χ4n) is 2.36. The molecular formula is C13H18N2O2. The number of hydrogen-bond donors (Lipinski definition) is 1. The number of rotatable bonds is 4. The van der Waals surface area contributed by atoms with Crippen LogP contribution >= 0.6 is 0 Å². The van der Waals surface area contributed by atoms with Gasteiger partial charge in [0, 0.05) is 18.9 Å². The van der Waals surface area contributed by atoms with E-state index >= 15 is 0 Å². The lowest BCUT2D eigenvalue weighted by atomic mass is 9.90. The van der Waals surface area contributed by atoms with Crippen molar-refractivity contribution in [2.45, 2.75) is 25.2 Å². The second-order valence-corrected chi connectivity index (χ2v) is 4.55. The van der Waals surface area contributed by atoms with Crippen LogP contribution in [0.2, 0.25) is 0 Å². The lowest BCUT2D eigenvalue weighted by molar-refractivity contribution is -0.137. The second kappa shape index (κ2) is 5.77. The van der Waals surface area contributed by atoms with Crippen LogP contribution in [0.15, 0.2) is 24.5 Å². The molecule has 1 aromatic heterocycles. The van der Waals surface area contributed by atoms with Crippen LogP contribution < -0.4 is 0 Å². The molecule has 0 spiro atoms. The summed E-state index contributed by atoms with van der Waals surface area (Å²) in [6.07, 6.45) is 6.19. The van der Waals surface area contributed by atoms with Crippen molar-refractivity contribution in [1.29, 1.82) is 0 Å². The standard InChI is InChI=1S/C13H18N2O2/c16-13(17)5-9-15-7-3-11(4-8-15)12-2-1-6-14-10-12/h1-2,6,10-11H,3-5,7-9H2,(H,16,17). The third-order valence-corrected chi connectivity index (χ3v) is 3.39. The Hall–Kier alpha value is -1.42. The van der Waals surface area contributed by atoms with E-state index in [1.165, 1.54) is 5.56 Å². The third-order valence-electron chi connectivity index (χ3n) is 3.39. The molecule has 1 aromatic rings. The van der Waals surface area contributed by atoms with Crippen molar-refractivity contribution in [3.63, 3.8) is 0 Å². The molecule has 1 N–H and O–H groups in total. The quantitative estimate of drug-likeness (QED) is 0.862. The van der Waals surface area contributed by atoms with Gasteiger partial charge in [0.1, 0.15) is 0 Å². The molecule has 1 saturated heterocycles. The van der Waals surface area contributed by atoms with E-state index in [2.05, 4.69) is 16.0 Å². The molecule has 0 saturated carbocycles. The van der Waals surface area contributed by atoms with Gasteiger partial charge in [-0.25, -0.2) is 0 Å². The number of hydrogen-bond acceptors (Lipinski definition) is 3. The van der Waals surface area contributed by atoms with E-state index < -0.39 is 5.97 Å². The lowest BCUT2D eigenvalue weighted by Crippen LogP contribution is -2.34. The second-order valence-electron chi connectivity index (χ2n) is 4.55. The fraction of sp³-hybridized carbons (Fsp3) is 0.538. The van der Waals surface area contributed by atoms with Crippen LogP contribution in [0.5, 0.6) is 0 Å². The maximum atomic E-state index is 10.5. The van der Waals surface area contributed by atoms with Gasteiger partial charge in [0.05, 0.1) is 6.42 Å². The largest absolute Gasteiger partial charge is 0.481 e. The van der Waals surface area contributed by atoms with Crippen molar-refractivity contribution in [3.05, 3.63) is 30.1 Å². The summed E-state index contributed by atoms with van der Waals surface area (Å²) in [6, 6.07) is 4.11. The van der Waals surface area contributed by atoms with Crippen molar-refractivity contribution in [2.75, 3.05) is 19.6 Å². The minimum atomic E-state index is -0.709. The highest BCUT2D eigenvalue weighted by Gasteiger charge is 2.20. The summed E-state index contributed by atoms with van der Waals surface area (Å²) >= 11 is 0. The number of likely N-dealkylation sites (tertiary alicyclic amines) is 1. The molecule has 0 aromatic carbocycles. The summed E-state index contributed by atoms with van der Waals surface area (Å²) in [6.45, 7) is 2.66. The normalized spacial score (nSPS) is 18.1. The molecule has 4 heteroatoms. The number of carboxylic acid groups (broad SMARTS) is 1. The molecule has 0 bridgehead atoms. The van der Waals surface area contributed by atoms with Gasteiger partial charge in [-0.1, -0.05) is 6.07 Å². The van der Waals surface area contributed by atoms with Gasteiger partial charge in [0.25, 0.3) is 0 Å².